The van der Waals surface area contributed by atoms with Crippen LogP contribution in [0.4, 0.5) is 0 Å². The van der Waals surface area contributed by atoms with Crippen LogP contribution in [0.2, 0.25) is 0 Å². The number of nitrogens with one attached hydrogen (secondary N) is 1. The van der Waals surface area contributed by atoms with Crippen molar-refractivity contribution in [2.75, 3.05) is 52.4 Å². The number of amides is 1. The van der Waals surface area contributed by atoms with Crippen molar-refractivity contribution in [3.05, 3.63) is 0 Å². The van der Waals surface area contributed by atoms with E-state index in [9.17, 15) is 4.79 Å². The first-order valence-corrected chi connectivity index (χ1v) is 7.61. The summed E-state index contributed by atoms with van der Waals surface area (Å²) < 4.78 is 0. The van der Waals surface area contributed by atoms with Crippen LogP contribution in [0.15, 0.2) is 0 Å². The van der Waals surface area contributed by atoms with Gasteiger partial charge in [-0.2, -0.15) is 0 Å². The van der Waals surface area contributed by atoms with E-state index in [1.807, 2.05) is 4.90 Å². The van der Waals surface area contributed by atoms with E-state index in [1.165, 1.54) is 12.8 Å². The van der Waals surface area contributed by atoms with Gasteiger partial charge in [0.25, 0.3) is 0 Å². The number of hydrogen-bond donors (Lipinski definition) is 2. The molecule has 0 aromatic rings. The fraction of sp³-hybridized carbons (Fsp3) is 0.929. The van der Waals surface area contributed by atoms with Gasteiger partial charge in [-0.15, -0.1) is 0 Å². The molecule has 19 heavy (non-hydrogen) atoms. The third-order valence-corrected chi connectivity index (χ3v) is 4.31. The molecule has 1 amide bonds. The van der Waals surface area contributed by atoms with Gasteiger partial charge in [0.15, 0.2) is 0 Å². The van der Waals surface area contributed by atoms with Crippen molar-refractivity contribution in [2.45, 2.75) is 25.7 Å². The average Bonchev–Trinajstić information content (AvgIpc) is 2.47. The Morgan fingerprint density at radius 1 is 1.26 bits per heavy atom. The predicted molar refractivity (Wildman–Crippen MR) is 74.9 cm³/mol. The molecule has 2 N–H and O–H groups in total. The molecule has 0 radical (unpaired) electrons. The first-order chi connectivity index (χ1) is 9.29. The molecule has 0 aromatic carbocycles. The summed E-state index contributed by atoms with van der Waals surface area (Å²) in [7, 11) is 0. The molecular weight excluding hydrogens is 242 g/mol. The molecule has 2 aliphatic rings. The topological polar surface area (TPSA) is 55.8 Å². The van der Waals surface area contributed by atoms with Crippen molar-refractivity contribution >= 4 is 5.91 Å². The fourth-order valence-corrected chi connectivity index (χ4v) is 3.02. The van der Waals surface area contributed by atoms with Crippen LogP contribution in [0.25, 0.3) is 0 Å². The Morgan fingerprint density at radius 2 is 2.05 bits per heavy atom. The third kappa shape index (κ3) is 4.75. The summed E-state index contributed by atoms with van der Waals surface area (Å²) in [5.41, 5.74) is 0. The van der Waals surface area contributed by atoms with Gasteiger partial charge >= 0.3 is 0 Å². The van der Waals surface area contributed by atoms with Crippen LogP contribution in [-0.2, 0) is 4.79 Å². The van der Waals surface area contributed by atoms with E-state index in [-0.39, 0.29) is 6.61 Å². The molecule has 1 unspecified atom stereocenters. The highest BCUT2D eigenvalue weighted by atomic mass is 16.3. The number of piperazine rings is 1. The molecule has 5 nitrogen and oxygen atoms in total. The number of carbonyl (C=O) groups excluding carboxylic acids is 1. The Balaban J connectivity index is 1.63. The van der Waals surface area contributed by atoms with Gasteiger partial charge in [-0.3, -0.25) is 9.69 Å². The smallest absolute Gasteiger partial charge is 0.222 e. The quantitative estimate of drug-likeness (QED) is 0.732. The maximum atomic E-state index is 12.1. The molecule has 110 valence electrons. The van der Waals surface area contributed by atoms with E-state index in [1.54, 1.807) is 0 Å². The first kappa shape index (κ1) is 14.8. The average molecular weight is 269 g/mol. The van der Waals surface area contributed by atoms with Crippen molar-refractivity contribution in [1.29, 1.82) is 0 Å². The zero-order chi connectivity index (χ0) is 13.5. The lowest BCUT2D eigenvalue weighted by Crippen LogP contribution is -2.49. The SMILES string of the molecule is O=C(CCC1CCCNC1)N1CCN(CCO)CC1. The Bertz CT molecular complexity index is 272. The van der Waals surface area contributed by atoms with Crippen molar-refractivity contribution in [2.24, 2.45) is 5.92 Å². The number of aliphatic hydroxyl groups excluding tert-OH is 1. The van der Waals surface area contributed by atoms with E-state index in [4.69, 9.17) is 5.11 Å². The lowest BCUT2D eigenvalue weighted by molar-refractivity contribution is -0.133. The molecule has 0 saturated carbocycles. The van der Waals surface area contributed by atoms with Gasteiger partial charge in [0, 0.05) is 39.1 Å². The number of piperidine rings is 1. The maximum absolute atomic E-state index is 12.1. The molecule has 0 aromatic heterocycles. The number of β-amino-alcohol motifs (C(OH)–C–C–N with tert-alkyl or cyclic N) is 1. The fourth-order valence-electron chi connectivity index (χ4n) is 3.02. The number of aliphatic hydroxyl groups is 1. The van der Waals surface area contributed by atoms with Crippen molar-refractivity contribution in [3.8, 4) is 0 Å². The second-order valence-electron chi connectivity index (χ2n) is 5.70. The first-order valence-electron chi connectivity index (χ1n) is 7.61. The summed E-state index contributed by atoms with van der Waals surface area (Å²) >= 11 is 0. The minimum atomic E-state index is 0.211. The van der Waals surface area contributed by atoms with Gasteiger partial charge in [-0.25, -0.2) is 0 Å². The molecule has 2 heterocycles. The van der Waals surface area contributed by atoms with E-state index < -0.39 is 0 Å². The normalized spacial score (nSPS) is 25.5. The summed E-state index contributed by atoms with van der Waals surface area (Å²) in [5, 5.41) is 12.3. The Hall–Kier alpha value is -0.650. The van der Waals surface area contributed by atoms with Crippen LogP contribution in [-0.4, -0.2) is 73.2 Å². The zero-order valence-electron chi connectivity index (χ0n) is 11.8. The standard InChI is InChI=1S/C14H27N3O2/c18-11-10-16-6-8-17(9-7-16)14(19)4-3-13-2-1-5-15-12-13/h13,15,18H,1-12H2. The van der Waals surface area contributed by atoms with Crippen molar-refractivity contribution in [3.63, 3.8) is 0 Å². The van der Waals surface area contributed by atoms with Crippen LogP contribution in [0.3, 0.4) is 0 Å². The van der Waals surface area contributed by atoms with Crippen LogP contribution in [0.1, 0.15) is 25.7 Å². The summed E-state index contributed by atoms with van der Waals surface area (Å²) in [6.07, 6.45) is 4.25. The van der Waals surface area contributed by atoms with Gasteiger partial charge in [0.1, 0.15) is 0 Å². The van der Waals surface area contributed by atoms with Crippen LogP contribution in [0, 0.1) is 5.92 Å². The maximum Gasteiger partial charge on any atom is 0.222 e. The van der Waals surface area contributed by atoms with Crippen LogP contribution in [0.5, 0.6) is 0 Å². The number of hydrogen-bond acceptors (Lipinski definition) is 4. The van der Waals surface area contributed by atoms with E-state index >= 15 is 0 Å². The van der Waals surface area contributed by atoms with E-state index in [2.05, 4.69) is 10.2 Å². The molecule has 5 heteroatoms. The highest BCUT2D eigenvalue weighted by molar-refractivity contribution is 5.76. The zero-order valence-corrected chi connectivity index (χ0v) is 11.8. The van der Waals surface area contributed by atoms with E-state index in [0.717, 1.165) is 52.2 Å². The molecule has 0 bridgehead atoms. The van der Waals surface area contributed by atoms with Gasteiger partial charge in [-0.1, -0.05) is 0 Å². The third-order valence-electron chi connectivity index (χ3n) is 4.31. The Kier molecular flexibility index (Phi) is 6.07. The molecule has 2 rings (SSSR count). The molecule has 2 saturated heterocycles. The largest absolute Gasteiger partial charge is 0.395 e. The van der Waals surface area contributed by atoms with Gasteiger partial charge < -0.3 is 15.3 Å². The minimum absolute atomic E-state index is 0.211. The van der Waals surface area contributed by atoms with Gasteiger partial charge in [-0.05, 0) is 38.3 Å². The summed E-state index contributed by atoms with van der Waals surface area (Å²) in [4.78, 5) is 16.4. The second-order valence-corrected chi connectivity index (χ2v) is 5.70. The number of carbonyl (C=O) groups is 1. The predicted octanol–water partition coefficient (Wildman–Crippen LogP) is -0.0973. The monoisotopic (exact) mass is 269 g/mol. The highest BCUT2D eigenvalue weighted by Gasteiger charge is 2.21. The molecule has 2 fully saturated rings. The summed E-state index contributed by atoms with van der Waals surface area (Å²) in [5.74, 6) is 1.00. The molecule has 0 spiro atoms. The van der Waals surface area contributed by atoms with Crippen molar-refractivity contribution < 1.29 is 9.90 Å². The number of nitrogens with zero attached hydrogens (tertiary/aromatic N) is 2. The highest BCUT2D eigenvalue weighted by Crippen LogP contribution is 2.17. The Labute approximate surface area is 115 Å². The summed E-state index contributed by atoms with van der Waals surface area (Å²) in [6.45, 7) is 6.60. The molecule has 0 aliphatic carbocycles. The lowest BCUT2D eigenvalue weighted by atomic mass is 9.94. The molecular formula is C14H27N3O2. The summed E-state index contributed by atoms with van der Waals surface area (Å²) in [6, 6.07) is 0. The Morgan fingerprint density at radius 3 is 2.68 bits per heavy atom. The van der Waals surface area contributed by atoms with Gasteiger partial charge in [0.05, 0.1) is 6.61 Å². The van der Waals surface area contributed by atoms with Gasteiger partial charge in [0.2, 0.25) is 5.91 Å². The van der Waals surface area contributed by atoms with Crippen LogP contribution < -0.4 is 5.32 Å². The molecule has 1 atom stereocenters. The van der Waals surface area contributed by atoms with Crippen molar-refractivity contribution in [1.82, 2.24) is 15.1 Å². The van der Waals surface area contributed by atoms with Crippen LogP contribution >= 0.6 is 0 Å². The van der Waals surface area contributed by atoms with E-state index in [0.29, 0.717) is 18.2 Å². The molecule has 2 aliphatic heterocycles. The number of rotatable bonds is 5. The lowest BCUT2D eigenvalue weighted by Gasteiger charge is -2.34. The second kappa shape index (κ2) is 7.82. The minimum Gasteiger partial charge on any atom is -0.395 e.